The summed E-state index contributed by atoms with van der Waals surface area (Å²) in [6.45, 7) is -0.0645. The molecule has 0 aliphatic heterocycles. The number of anilines is 1. The molecule has 7 heteroatoms. The Balaban J connectivity index is 1.51. The van der Waals surface area contributed by atoms with Gasteiger partial charge in [-0.2, -0.15) is 0 Å². The maximum atomic E-state index is 12.7. The molecule has 4 rings (SSSR count). The van der Waals surface area contributed by atoms with Gasteiger partial charge in [-0.3, -0.25) is 9.10 Å². The van der Waals surface area contributed by atoms with Gasteiger partial charge in [-0.15, -0.1) is 0 Å². The number of carbonyl (C=O) groups is 1. The predicted molar refractivity (Wildman–Crippen MR) is 131 cm³/mol. The Kier molecular flexibility index (Phi) is 6.60. The monoisotopic (exact) mass is 460 g/mol. The lowest BCUT2D eigenvalue weighted by Crippen LogP contribution is -2.40. The number of sulfonamides is 1. The van der Waals surface area contributed by atoms with Crippen molar-refractivity contribution >= 4 is 32.4 Å². The summed E-state index contributed by atoms with van der Waals surface area (Å²) in [5.41, 5.74) is 1.23. The van der Waals surface area contributed by atoms with Crippen LogP contribution in [0.1, 0.15) is 5.56 Å². The molecule has 1 amide bonds. The van der Waals surface area contributed by atoms with Crippen molar-refractivity contribution in [1.82, 2.24) is 5.32 Å². The fraction of sp³-hybridized carbons (Fsp3) is 0.115. The number of nitrogens with zero attached hydrogens (tertiary/aromatic N) is 1. The fourth-order valence-corrected chi connectivity index (χ4v) is 4.34. The highest BCUT2D eigenvalue weighted by Gasteiger charge is 2.24. The zero-order valence-electron chi connectivity index (χ0n) is 18.1. The number of benzene rings is 4. The van der Waals surface area contributed by atoms with Crippen molar-refractivity contribution in [3.05, 3.63) is 103 Å². The van der Waals surface area contributed by atoms with Crippen LogP contribution in [0.5, 0.6) is 11.5 Å². The van der Waals surface area contributed by atoms with Crippen molar-refractivity contribution in [1.29, 1.82) is 0 Å². The average Bonchev–Trinajstić information content (AvgIpc) is 2.81. The lowest BCUT2D eigenvalue weighted by molar-refractivity contribution is -0.119. The van der Waals surface area contributed by atoms with E-state index in [0.29, 0.717) is 23.7 Å². The van der Waals surface area contributed by atoms with E-state index in [2.05, 4.69) is 5.32 Å². The zero-order valence-corrected chi connectivity index (χ0v) is 19.0. The van der Waals surface area contributed by atoms with Gasteiger partial charge in [0.05, 0.1) is 11.9 Å². The van der Waals surface area contributed by atoms with Crippen molar-refractivity contribution in [2.75, 3.05) is 17.1 Å². The molecule has 0 saturated carbocycles. The Morgan fingerprint density at radius 3 is 2.27 bits per heavy atom. The van der Waals surface area contributed by atoms with Crippen LogP contribution in [0.15, 0.2) is 97.1 Å². The van der Waals surface area contributed by atoms with Crippen molar-refractivity contribution in [3.8, 4) is 11.5 Å². The summed E-state index contributed by atoms with van der Waals surface area (Å²) in [6, 6.07) is 29.7. The molecule has 1 N–H and O–H groups in total. The van der Waals surface area contributed by atoms with Crippen molar-refractivity contribution in [2.45, 2.75) is 6.54 Å². The topological polar surface area (TPSA) is 75.7 Å². The average molecular weight is 461 g/mol. The van der Waals surface area contributed by atoms with Crippen LogP contribution in [0.2, 0.25) is 0 Å². The van der Waals surface area contributed by atoms with Gasteiger partial charge in [0.25, 0.3) is 0 Å². The van der Waals surface area contributed by atoms with Crippen LogP contribution in [0.3, 0.4) is 0 Å². The summed E-state index contributed by atoms with van der Waals surface area (Å²) in [4.78, 5) is 12.7. The van der Waals surface area contributed by atoms with Gasteiger partial charge in [0, 0.05) is 6.54 Å². The predicted octanol–water partition coefficient (Wildman–Crippen LogP) is 4.71. The van der Waals surface area contributed by atoms with Gasteiger partial charge in [0.2, 0.25) is 15.9 Å². The Bertz CT molecular complexity index is 1370. The van der Waals surface area contributed by atoms with Gasteiger partial charge in [0.1, 0.15) is 12.3 Å². The van der Waals surface area contributed by atoms with Gasteiger partial charge < -0.3 is 10.1 Å². The van der Waals surface area contributed by atoms with E-state index in [1.807, 2.05) is 60.7 Å². The molecule has 33 heavy (non-hydrogen) atoms. The number of carbonyl (C=O) groups excluding carboxylic acids is 1. The van der Waals surface area contributed by atoms with Crippen molar-refractivity contribution < 1.29 is 17.9 Å². The molecule has 0 unspecified atom stereocenters. The molecule has 0 aromatic heterocycles. The van der Waals surface area contributed by atoms with E-state index in [4.69, 9.17) is 4.74 Å². The standard InChI is InChI=1S/C26H24N2O4S/c1-33(30,31)28(24-13-7-8-14-25(24)32-23-11-3-2-4-12-23)19-26(29)27-18-20-15-16-21-9-5-6-10-22(21)17-20/h2-17H,18-19H2,1H3,(H,27,29). The van der Waals surface area contributed by atoms with Crippen LogP contribution in [-0.4, -0.2) is 27.1 Å². The van der Waals surface area contributed by atoms with Crippen LogP contribution in [-0.2, 0) is 21.4 Å². The summed E-state index contributed by atoms with van der Waals surface area (Å²) < 4.78 is 32.1. The Hall–Kier alpha value is -3.84. The molecule has 168 valence electrons. The number of hydrogen-bond donors (Lipinski definition) is 1. The minimum Gasteiger partial charge on any atom is -0.455 e. The molecule has 6 nitrogen and oxygen atoms in total. The van der Waals surface area contributed by atoms with E-state index >= 15 is 0 Å². The largest absolute Gasteiger partial charge is 0.455 e. The van der Waals surface area contributed by atoms with E-state index < -0.39 is 15.9 Å². The highest BCUT2D eigenvalue weighted by Crippen LogP contribution is 2.33. The molecule has 0 fully saturated rings. The molecule has 0 aliphatic rings. The summed E-state index contributed by atoms with van der Waals surface area (Å²) in [7, 11) is -3.75. The molecule has 0 spiro atoms. The third-order valence-electron chi connectivity index (χ3n) is 5.10. The van der Waals surface area contributed by atoms with E-state index in [1.165, 1.54) is 0 Å². The number of hydrogen-bond acceptors (Lipinski definition) is 4. The van der Waals surface area contributed by atoms with E-state index in [9.17, 15) is 13.2 Å². The SMILES string of the molecule is CS(=O)(=O)N(CC(=O)NCc1ccc2ccccc2c1)c1ccccc1Oc1ccccc1. The zero-order chi connectivity index (χ0) is 23.3. The van der Waals surface area contributed by atoms with E-state index in [0.717, 1.165) is 26.9 Å². The van der Waals surface area contributed by atoms with E-state index in [-0.39, 0.29) is 6.54 Å². The Labute approximate surface area is 193 Å². The van der Waals surface area contributed by atoms with Crippen LogP contribution >= 0.6 is 0 Å². The van der Waals surface area contributed by atoms with Crippen LogP contribution in [0.4, 0.5) is 5.69 Å². The molecule has 0 bridgehead atoms. The quantitative estimate of drug-likeness (QED) is 0.413. The number of nitrogens with one attached hydrogen (secondary N) is 1. The van der Waals surface area contributed by atoms with Gasteiger partial charge in [-0.1, -0.05) is 66.7 Å². The number of para-hydroxylation sites is 3. The number of amides is 1. The van der Waals surface area contributed by atoms with Gasteiger partial charge >= 0.3 is 0 Å². The summed E-state index contributed by atoms with van der Waals surface area (Å²) >= 11 is 0. The maximum absolute atomic E-state index is 12.7. The first-order chi connectivity index (χ1) is 15.9. The minimum absolute atomic E-state index is 0.295. The lowest BCUT2D eigenvalue weighted by atomic mass is 10.1. The second-order valence-electron chi connectivity index (χ2n) is 7.61. The molecule has 0 aliphatic carbocycles. The van der Waals surface area contributed by atoms with Crippen LogP contribution < -0.4 is 14.4 Å². The molecule has 0 radical (unpaired) electrons. The summed E-state index contributed by atoms with van der Waals surface area (Å²) in [5.74, 6) is 0.499. The highest BCUT2D eigenvalue weighted by atomic mass is 32.2. The Morgan fingerprint density at radius 2 is 1.52 bits per heavy atom. The fourth-order valence-electron chi connectivity index (χ4n) is 3.48. The third kappa shape index (κ3) is 5.70. The smallest absolute Gasteiger partial charge is 0.241 e. The molecule has 4 aromatic carbocycles. The van der Waals surface area contributed by atoms with Gasteiger partial charge in [-0.05, 0) is 46.7 Å². The first kappa shape index (κ1) is 22.4. The Morgan fingerprint density at radius 1 is 0.848 bits per heavy atom. The lowest BCUT2D eigenvalue weighted by Gasteiger charge is -2.24. The second kappa shape index (κ2) is 9.75. The van der Waals surface area contributed by atoms with Crippen LogP contribution in [0.25, 0.3) is 10.8 Å². The van der Waals surface area contributed by atoms with Gasteiger partial charge in [0.15, 0.2) is 5.75 Å². The normalized spacial score (nSPS) is 11.2. The molecular formula is C26H24N2O4S. The first-order valence-electron chi connectivity index (χ1n) is 10.4. The number of rotatable bonds is 8. The van der Waals surface area contributed by atoms with Crippen molar-refractivity contribution in [2.24, 2.45) is 0 Å². The molecule has 0 saturated heterocycles. The minimum atomic E-state index is -3.75. The first-order valence-corrected chi connectivity index (χ1v) is 12.3. The summed E-state index contributed by atoms with van der Waals surface area (Å²) in [6.07, 6.45) is 1.07. The molecule has 0 atom stereocenters. The molecule has 0 heterocycles. The van der Waals surface area contributed by atoms with E-state index in [1.54, 1.807) is 36.4 Å². The van der Waals surface area contributed by atoms with Crippen LogP contribution in [0, 0.1) is 0 Å². The van der Waals surface area contributed by atoms with Gasteiger partial charge in [-0.25, -0.2) is 8.42 Å². The molecular weight excluding hydrogens is 436 g/mol. The number of ether oxygens (including phenoxy) is 1. The summed E-state index contributed by atoms with van der Waals surface area (Å²) in [5, 5.41) is 5.01. The third-order valence-corrected chi connectivity index (χ3v) is 6.22. The maximum Gasteiger partial charge on any atom is 0.241 e. The highest BCUT2D eigenvalue weighted by molar-refractivity contribution is 7.92. The second-order valence-corrected chi connectivity index (χ2v) is 9.52. The number of fused-ring (bicyclic) bond motifs is 1. The van der Waals surface area contributed by atoms with Crippen molar-refractivity contribution in [3.63, 3.8) is 0 Å². The molecule has 4 aromatic rings.